The molecule has 29 heavy (non-hydrogen) atoms. The van der Waals surface area contributed by atoms with Gasteiger partial charge in [0.2, 0.25) is 0 Å². The number of nitrogens with one attached hydrogen (secondary N) is 1. The third-order valence-electron chi connectivity index (χ3n) is 4.66. The second kappa shape index (κ2) is 8.14. The van der Waals surface area contributed by atoms with Gasteiger partial charge in [0.1, 0.15) is 5.75 Å². The van der Waals surface area contributed by atoms with Crippen molar-refractivity contribution in [2.45, 2.75) is 13.8 Å². The lowest BCUT2D eigenvalue weighted by molar-refractivity contribution is -0.146. The summed E-state index contributed by atoms with van der Waals surface area (Å²) >= 11 is 0. The molecule has 0 saturated carbocycles. The minimum absolute atomic E-state index is 0.0802. The van der Waals surface area contributed by atoms with Crippen molar-refractivity contribution in [3.8, 4) is 28.0 Å². The number of carboxylic acids is 1. The summed E-state index contributed by atoms with van der Waals surface area (Å²) in [5.41, 5.74) is 2.36. The topological polar surface area (TPSA) is 99.5 Å². The minimum Gasteiger partial charge on any atom is -0.505 e. The molecule has 0 aliphatic rings. The first-order chi connectivity index (χ1) is 13.8. The van der Waals surface area contributed by atoms with Gasteiger partial charge in [-0.3, -0.25) is 9.59 Å². The second-order valence-electron chi connectivity index (χ2n) is 7.41. The van der Waals surface area contributed by atoms with Gasteiger partial charge in [-0.1, -0.05) is 48.5 Å². The standard InChI is InChI=1S/C23H22N2O4/c1-23(2,22(28)29)14-25-21(27)20-19(26)12-18(13-24-20)17-10-6-9-16(11-17)15-7-4-3-5-8-15/h3-13,26H,14H2,1-2H3,(H,25,27)(H,28,29). The monoisotopic (exact) mass is 390 g/mol. The maximum absolute atomic E-state index is 12.3. The van der Waals surface area contributed by atoms with Crippen LogP contribution >= 0.6 is 0 Å². The van der Waals surface area contributed by atoms with Gasteiger partial charge in [-0.2, -0.15) is 0 Å². The molecule has 2 aromatic carbocycles. The van der Waals surface area contributed by atoms with Crippen molar-refractivity contribution in [2.24, 2.45) is 5.41 Å². The van der Waals surface area contributed by atoms with Crippen molar-refractivity contribution in [3.05, 3.63) is 72.6 Å². The highest BCUT2D eigenvalue weighted by Gasteiger charge is 2.28. The Labute approximate surface area is 168 Å². The fourth-order valence-electron chi connectivity index (χ4n) is 2.76. The van der Waals surface area contributed by atoms with E-state index in [9.17, 15) is 14.7 Å². The molecule has 0 bridgehead atoms. The first-order valence-electron chi connectivity index (χ1n) is 9.14. The van der Waals surface area contributed by atoms with Crippen LogP contribution in [0.5, 0.6) is 5.75 Å². The van der Waals surface area contributed by atoms with Crippen LogP contribution in [-0.4, -0.2) is 33.6 Å². The van der Waals surface area contributed by atoms with Crippen molar-refractivity contribution >= 4 is 11.9 Å². The summed E-state index contributed by atoms with van der Waals surface area (Å²) in [6.07, 6.45) is 1.51. The number of hydrogen-bond acceptors (Lipinski definition) is 4. The number of benzene rings is 2. The number of aliphatic carboxylic acids is 1. The molecule has 0 saturated heterocycles. The highest BCUT2D eigenvalue weighted by atomic mass is 16.4. The number of carboxylic acid groups (broad SMARTS) is 1. The molecule has 0 spiro atoms. The van der Waals surface area contributed by atoms with Crippen LogP contribution in [0.3, 0.4) is 0 Å². The van der Waals surface area contributed by atoms with E-state index in [4.69, 9.17) is 5.11 Å². The number of carbonyl (C=O) groups excluding carboxylic acids is 1. The third-order valence-corrected chi connectivity index (χ3v) is 4.66. The van der Waals surface area contributed by atoms with Crippen LogP contribution < -0.4 is 5.32 Å². The number of nitrogens with zero attached hydrogens (tertiary/aromatic N) is 1. The van der Waals surface area contributed by atoms with Crippen molar-refractivity contribution in [3.63, 3.8) is 0 Å². The molecular formula is C23H22N2O4. The molecule has 3 rings (SSSR count). The molecular weight excluding hydrogens is 368 g/mol. The number of aromatic hydroxyl groups is 1. The lowest BCUT2D eigenvalue weighted by atomic mass is 9.94. The molecule has 0 radical (unpaired) electrons. The molecule has 0 unspecified atom stereocenters. The Morgan fingerprint density at radius 1 is 0.931 bits per heavy atom. The molecule has 0 aliphatic carbocycles. The van der Waals surface area contributed by atoms with Crippen LogP contribution in [0.25, 0.3) is 22.3 Å². The Hall–Kier alpha value is -3.67. The predicted octanol–water partition coefficient (Wildman–Crippen LogP) is 3.96. The largest absolute Gasteiger partial charge is 0.505 e. The van der Waals surface area contributed by atoms with E-state index in [0.717, 1.165) is 16.7 Å². The van der Waals surface area contributed by atoms with Gasteiger partial charge in [-0.15, -0.1) is 0 Å². The molecule has 6 heteroatoms. The zero-order valence-corrected chi connectivity index (χ0v) is 16.2. The molecule has 1 aromatic heterocycles. The molecule has 6 nitrogen and oxygen atoms in total. The van der Waals surface area contributed by atoms with Crippen molar-refractivity contribution < 1.29 is 19.8 Å². The normalized spacial score (nSPS) is 11.1. The van der Waals surface area contributed by atoms with Gasteiger partial charge in [0, 0.05) is 18.3 Å². The second-order valence-corrected chi connectivity index (χ2v) is 7.41. The fraction of sp³-hybridized carbons (Fsp3) is 0.174. The zero-order valence-electron chi connectivity index (χ0n) is 16.2. The van der Waals surface area contributed by atoms with Crippen LogP contribution in [0, 0.1) is 5.41 Å². The first-order valence-corrected chi connectivity index (χ1v) is 9.14. The summed E-state index contributed by atoms with van der Waals surface area (Å²) < 4.78 is 0. The van der Waals surface area contributed by atoms with Gasteiger partial charge in [0.15, 0.2) is 5.69 Å². The van der Waals surface area contributed by atoms with E-state index in [2.05, 4.69) is 10.3 Å². The summed E-state index contributed by atoms with van der Waals surface area (Å²) in [5.74, 6) is -1.91. The Kier molecular flexibility index (Phi) is 5.64. The van der Waals surface area contributed by atoms with Crippen molar-refractivity contribution in [1.82, 2.24) is 10.3 Å². The molecule has 0 aliphatic heterocycles. The van der Waals surface area contributed by atoms with E-state index < -0.39 is 17.3 Å². The van der Waals surface area contributed by atoms with Gasteiger partial charge in [0.05, 0.1) is 5.41 Å². The lowest BCUT2D eigenvalue weighted by Gasteiger charge is -2.19. The van der Waals surface area contributed by atoms with E-state index in [1.807, 2.05) is 54.6 Å². The summed E-state index contributed by atoms with van der Waals surface area (Å²) in [6.45, 7) is 2.93. The van der Waals surface area contributed by atoms with E-state index in [1.54, 1.807) is 0 Å². The average Bonchev–Trinajstić information content (AvgIpc) is 2.72. The molecule has 1 amide bonds. The fourth-order valence-corrected chi connectivity index (χ4v) is 2.76. The van der Waals surface area contributed by atoms with E-state index in [1.165, 1.54) is 26.1 Å². The maximum Gasteiger partial charge on any atom is 0.310 e. The van der Waals surface area contributed by atoms with Crippen LogP contribution in [0.15, 0.2) is 66.9 Å². The molecule has 148 valence electrons. The number of rotatable bonds is 6. The van der Waals surface area contributed by atoms with Gasteiger partial charge >= 0.3 is 5.97 Å². The average molecular weight is 390 g/mol. The summed E-state index contributed by atoms with van der Waals surface area (Å²) in [5, 5.41) is 21.9. The van der Waals surface area contributed by atoms with E-state index in [-0.39, 0.29) is 18.0 Å². The lowest BCUT2D eigenvalue weighted by Crippen LogP contribution is -2.39. The van der Waals surface area contributed by atoms with Gasteiger partial charge in [0.25, 0.3) is 5.91 Å². The van der Waals surface area contributed by atoms with Crippen LogP contribution in [0.2, 0.25) is 0 Å². The minimum atomic E-state index is -1.12. The highest BCUT2D eigenvalue weighted by molar-refractivity contribution is 5.95. The summed E-state index contributed by atoms with van der Waals surface area (Å²) in [6, 6.07) is 19.2. The number of aromatic nitrogens is 1. The summed E-state index contributed by atoms with van der Waals surface area (Å²) in [7, 11) is 0. The van der Waals surface area contributed by atoms with E-state index in [0.29, 0.717) is 5.56 Å². The Balaban J connectivity index is 1.81. The molecule has 1 heterocycles. The van der Waals surface area contributed by atoms with Crippen molar-refractivity contribution in [1.29, 1.82) is 0 Å². The third kappa shape index (κ3) is 4.60. The van der Waals surface area contributed by atoms with Crippen molar-refractivity contribution in [2.75, 3.05) is 6.54 Å². The number of hydrogen-bond donors (Lipinski definition) is 3. The molecule has 3 aromatic rings. The number of carbonyl (C=O) groups is 2. The van der Waals surface area contributed by atoms with Crippen LogP contribution in [-0.2, 0) is 4.79 Å². The predicted molar refractivity (Wildman–Crippen MR) is 111 cm³/mol. The highest BCUT2D eigenvalue weighted by Crippen LogP contribution is 2.29. The smallest absolute Gasteiger partial charge is 0.310 e. The van der Waals surface area contributed by atoms with Crippen LogP contribution in [0.1, 0.15) is 24.3 Å². The van der Waals surface area contributed by atoms with Crippen LogP contribution in [0.4, 0.5) is 0 Å². The molecule has 3 N–H and O–H groups in total. The summed E-state index contributed by atoms with van der Waals surface area (Å²) in [4.78, 5) is 27.5. The Morgan fingerprint density at radius 2 is 1.55 bits per heavy atom. The SMILES string of the molecule is CC(C)(CNC(=O)c1ncc(-c2cccc(-c3ccccc3)c2)cc1O)C(=O)O. The molecule has 0 fully saturated rings. The maximum atomic E-state index is 12.3. The first kappa shape index (κ1) is 20.1. The zero-order chi connectivity index (χ0) is 21.0. The van der Waals surface area contributed by atoms with Gasteiger partial charge in [-0.05, 0) is 42.7 Å². The number of amides is 1. The Morgan fingerprint density at radius 3 is 2.17 bits per heavy atom. The molecule has 0 atom stereocenters. The van der Waals surface area contributed by atoms with E-state index >= 15 is 0 Å². The van der Waals surface area contributed by atoms with Gasteiger partial charge in [-0.25, -0.2) is 4.98 Å². The Bertz CT molecular complexity index is 1050. The number of pyridine rings is 1. The van der Waals surface area contributed by atoms with Gasteiger partial charge < -0.3 is 15.5 Å². The quantitative estimate of drug-likeness (QED) is 0.592.